The van der Waals surface area contributed by atoms with Crippen LogP contribution in [0.3, 0.4) is 0 Å². The molecule has 1 aliphatic rings. The summed E-state index contributed by atoms with van der Waals surface area (Å²) in [6.45, 7) is 3.48. The normalized spacial score (nSPS) is 20.0. The maximum atomic E-state index is 13.3. The molecule has 92 valence electrons. The van der Waals surface area contributed by atoms with Gasteiger partial charge in [-0.2, -0.15) is 0 Å². The lowest BCUT2D eigenvalue weighted by molar-refractivity contribution is 0.0930. The molecule has 0 saturated carbocycles. The minimum Gasteiger partial charge on any atom is -0.348 e. The Morgan fingerprint density at radius 2 is 2.35 bits per heavy atom. The van der Waals surface area contributed by atoms with Crippen LogP contribution in [0.15, 0.2) is 18.2 Å². The first-order valence-electron chi connectivity index (χ1n) is 5.94. The first kappa shape index (κ1) is 12.0. The van der Waals surface area contributed by atoms with Crippen molar-refractivity contribution in [2.24, 2.45) is 0 Å². The molecule has 4 heteroatoms. The van der Waals surface area contributed by atoms with E-state index in [4.69, 9.17) is 0 Å². The molecule has 17 heavy (non-hydrogen) atoms. The van der Waals surface area contributed by atoms with Crippen molar-refractivity contribution in [2.45, 2.75) is 25.8 Å². The fraction of sp³-hybridized carbons (Fsp3) is 0.462. The summed E-state index contributed by atoms with van der Waals surface area (Å²) in [5, 5.41) is 6.14. The van der Waals surface area contributed by atoms with Crippen LogP contribution in [0.2, 0.25) is 0 Å². The number of benzene rings is 1. The van der Waals surface area contributed by atoms with Crippen molar-refractivity contribution in [1.82, 2.24) is 10.6 Å². The Morgan fingerprint density at radius 3 is 3.00 bits per heavy atom. The monoisotopic (exact) mass is 236 g/mol. The van der Waals surface area contributed by atoms with Crippen molar-refractivity contribution in [2.75, 3.05) is 13.1 Å². The number of amides is 1. The van der Waals surface area contributed by atoms with Crippen molar-refractivity contribution in [3.05, 3.63) is 35.1 Å². The second kappa shape index (κ2) is 5.27. The summed E-state index contributed by atoms with van der Waals surface area (Å²) >= 11 is 0. The number of halogens is 1. The van der Waals surface area contributed by atoms with Crippen LogP contribution >= 0.6 is 0 Å². The zero-order valence-corrected chi connectivity index (χ0v) is 9.92. The van der Waals surface area contributed by atoms with E-state index in [2.05, 4.69) is 10.6 Å². The summed E-state index contributed by atoms with van der Waals surface area (Å²) in [4.78, 5) is 11.9. The second-order valence-electron chi connectivity index (χ2n) is 4.48. The number of rotatable bonds is 2. The van der Waals surface area contributed by atoms with Crippen molar-refractivity contribution in [1.29, 1.82) is 0 Å². The quantitative estimate of drug-likeness (QED) is 0.819. The first-order valence-corrected chi connectivity index (χ1v) is 5.94. The van der Waals surface area contributed by atoms with E-state index in [1.165, 1.54) is 6.07 Å². The second-order valence-corrected chi connectivity index (χ2v) is 4.48. The first-order chi connectivity index (χ1) is 8.16. The van der Waals surface area contributed by atoms with E-state index < -0.39 is 0 Å². The van der Waals surface area contributed by atoms with Crippen molar-refractivity contribution >= 4 is 5.91 Å². The highest BCUT2D eigenvalue weighted by Gasteiger charge is 2.16. The Labute approximate surface area is 100 Å². The number of carbonyl (C=O) groups is 1. The summed E-state index contributed by atoms with van der Waals surface area (Å²) in [5.41, 5.74) is 0.944. The zero-order valence-electron chi connectivity index (χ0n) is 9.92. The molecule has 2 rings (SSSR count). The summed E-state index contributed by atoms with van der Waals surface area (Å²) in [7, 11) is 0. The molecular weight excluding hydrogens is 219 g/mol. The number of piperidine rings is 1. The topological polar surface area (TPSA) is 41.1 Å². The Bertz CT molecular complexity index is 414. The minimum absolute atomic E-state index is 0.153. The van der Waals surface area contributed by atoms with Crippen LogP contribution in [0, 0.1) is 12.7 Å². The lowest BCUT2D eigenvalue weighted by atomic mass is 10.1. The van der Waals surface area contributed by atoms with E-state index in [0.717, 1.165) is 25.9 Å². The van der Waals surface area contributed by atoms with Gasteiger partial charge in [-0.05, 0) is 44.0 Å². The lowest BCUT2D eigenvalue weighted by Gasteiger charge is -2.23. The van der Waals surface area contributed by atoms with Crippen molar-refractivity contribution < 1.29 is 9.18 Å². The van der Waals surface area contributed by atoms with Crippen LogP contribution in [-0.2, 0) is 0 Å². The third-order valence-corrected chi connectivity index (χ3v) is 3.07. The molecule has 1 amide bonds. The van der Waals surface area contributed by atoms with Crippen LogP contribution < -0.4 is 10.6 Å². The molecule has 3 nitrogen and oxygen atoms in total. The third-order valence-electron chi connectivity index (χ3n) is 3.07. The maximum absolute atomic E-state index is 13.3. The molecule has 1 atom stereocenters. The lowest BCUT2D eigenvalue weighted by Crippen LogP contribution is -2.45. The predicted molar refractivity (Wildman–Crippen MR) is 64.5 cm³/mol. The molecular formula is C13H17FN2O. The van der Waals surface area contributed by atoms with Gasteiger partial charge in [0, 0.05) is 18.2 Å². The fourth-order valence-corrected chi connectivity index (χ4v) is 1.98. The van der Waals surface area contributed by atoms with E-state index >= 15 is 0 Å². The number of hydrogen-bond acceptors (Lipinski definition) is 2. The summed E-state index contributed by atoms with van der Waals surface area (Å²) in [6.07, 6.45) is 2.04. The average molecular weight is 236 g/mol. The molecule has 1 aromatic carbocycles. The van der Waals surface area contributed by atoms with E-state index in [1.54, 1.807) is 19.1 Å². The van der Waals surface area contributed by atoms with Crippen LogP contribution in [-0.4, -0.2) is 25.0 Å². The number of aryl methyl sites for hydroxylation is 1. The molecule has 1 aliphatic heterocycles. The molecule has 1 fully saturated rings. The number of hydrogen-bond donors (Lipinski definition) is 2. The van der Waals surface area contributed by atoms with Gasteiger partial charge >= 0.3 is 0 Å². The van der Waals surface area contributed by atoms with Crippen LogP contribution in [0.25, 0.3) is 0 Å². The number of carbonyl (C=O) groups excluding carboxylic acids is 1. The van der Waals surface area contributed by atoms with Crippen LogP contribution in [0.1, 0.15) is 28.8 Å². The molecule has 1 heterocycles. The minimum atomic E-state index is -0.334. The predicted octanol–water partition coefficient (Wildman–Crippen LogP) is 1.62. The molecule has 0 spiro atoms. The summed E-state index contributed by atoms with van der Waals surface area (Å²) < 4.78 is 13.3. The molecule has 1 saturated heterocycles. The third kappa shape index (κ3) is 3.03. The van der Waals surface area contributed by atoms with Crippen molar-refractivity contribution in [3.63, 3.8) is 0 Å². The summed E-state index contributed by atoms with van der Waals surface area (Å²) in [5.74, 6) is -0.531. The average Bonchev–Trinajstić information content (AvgIpc) is 2.34. The van der Waals surface area contributed by atoms with Gasteiger partial charge in [0.15, 0.2) is 0 Å². The Morgan fingerprint density at radius 1 is 1.53 bits per heavy atom. The molecule has 2 N–H and O–H groups in total. The summed E-state index contributed by atoms with van der Waals surface area (Å²) in [6, 6.07) is 4.73. The number of nitrogens with one attached hydrogen (secondary N) is 2. The standard InChI is InChI=1S/C13H17FN2O/c1-9-4-5-10(7-12(9)14)13(17)16-11-3-2-6-15-8-11/h4-5,7,11,15H,2-3,6,8H2,1H3,(H,16,17)/t11-/m0/s1. The van der Waals surface area contributed by atoms with E-state index in [1.807, 2.05) is 0 Å². The van der Waals surface area contributed by atoms with Gasteiger partial charge in [0.1, 0.15) is 5.82 Å². The van der Waals surface area contributed by atoms with Gasteiger partial charge in [-0.3, -0.25) is 4.79 Å². The highest BCUT2D eigenvalue weighted by atomic mass is 19.1. The molecule has 0 aliphatic carbocycles. The smallest absolute Gasteiger partial charge is 0.251 e. The van der Waals surface area contributed by atoms with Gasteiger partial charge in [-0.15, -0.1) is 0 Å². The van der Waals surface area contributed by atoms with Crippen LogP contribution in [0.4, 0.5) is 4.39 Å². The zero-order chi connectivity index (χ0) is 12.3. The van der Waals surface area contributed by atoms with Gasteiger partial charge < -0.3 is 10.6 Å². The molecule has 0 unspecified atom stereocenters. The molecule has 0 bridgehead atoms. The van der Waals surface area contributed by atoms with Gasteiger partial charge in [-0.25, -0.2) is 4.39 Å². The van der Waals surface area contributed by atoms with Crippen LogP contribution in [0.5, 0.6) is 0 Å². The highest BCUT2D eigenvalue weighted by molar-refractivity contribution is 5.94. The van der Waals surface area contributed by atoms with Gasteiger partial charge in [-0.1, -0.05) is 6.07 Å². The Hall–Kier alpha value is -1.42. The van der Waals surface area contributed by atoms with E-state index in [9.17, 15) is 9.18 Å². The van der Waals surface area contributed by atoms with E-state index in [-0.39, 0.29) is 17.8 Å². The highest BCUT2D eigenvalue weighted by Crippen LogP contribution is 2.10. The van der Waals surface area contributed by atoms with Gasteiger partial charge in [0.05, 0.1) is 0 Å². The largest absolute Gasteiger partial charge is 0.348 e. The SMILES string of the molecule is Cc1ccc(C(=O)N[C@H]2CCCNC2)cc1F. The molecule has 0 aromatic heterocycles. The fourth-order valence-electron chi connectivity index (χ4n) is 1.98. The molecule has 0 radical (unpaired) electrons. The van der Waals surface area contributed by atoms with Crippen molar-refractivity contribution in [3.8, 4) is 0 Å². The van der Waals surface area contributed by atoms with E-state index in [0.29, 0.717) is 11.1 Å². The Balaban J connectivity index is 2.01. The van der Waals surface area contributed by atoms with Gasteiger partial charge in [0.25, 0.3) is 5.91 Å². The van der Waals surface area contributed by atoms with Gasteiger partial charge in [0.2, 0.25) is 0 Å². The molecule has 1 aromatic rings. The Kier molecular flexibility index (Phi) is 3.74. The maximum Gasteiger partial charge on any atom is 0.251 e.